The van der Waals surface area contributed by atoms with E-state index < -0.39 is 0 Å². The zero-order valence-corrected chi connectivity index (χ0v) is 14.0. The summed E-state index contributed by atoms with van der Waals surface area (Å²) < 4.78 is 8.14. The topological polar surface area (TPSA) is 59.5 Å². The van der Waals surface area contributed by atoms with Crippen molar-refractivity contribution in [1.82, 2.24) is 14.7 Å². The lowest BCUT2D eigenvalue weighted by Gasteiger charge is -2.13. The van der Waals surface area contributed by atoms with E-state index in [1.807, 2.05) is 18.3 Å². The van der Waals surface area contributed by atoms with Gasteiger partial charge in [-0.15, -0.1) is 0 Å². The molecular formula is C19H21N3O2. The second-order valence-corrected chi connectivity index (χ2v) is 6.46. The average molecular weight is 323 g/mol. The zero-order valence-electron chi connectivity index (χ0n) is 14.0. The molecule has 0 fully saturated rings. The number of fused-ring (bicyclic) bond motifs is 3. The number of aryl methyl sites for hydroxylation is 2. The van der Waals surface area contributed by atoms with Crippen LogP contribution in [0.2, 0.25) is 0 Å². The molecule has 1 amide bonds. The van der Waals surface area contributed by atoms with E-state index in [0.717, 1.165) is 41.4 Å². The first-order valence-electron chi connectivity index (χ1n) is 8.48. The minimum absolute atomic E-state index is 0.0345. The van der Waals surface area contributed by atoms with Gasteiger partial charge in [0.1, 0.15) is 17.2 Å². The monoisotopic (exact) mass is 323 g/mol. The number of rotatable bonds is 3. The molecule has 3 aromatic rings. The van der Waals surface area contributed by atoms with Crippen LogP contribution in [0.4, 0.5) is 0 Å². The third-order valence-corrected chi connectivity index (χ3v) is 4.59. The Balaban J connectivity index is 1.86. The van der Waals surface area contributed by atoms with Gasteiger partial charge in [-0.25, -0.2) is 4.98 Å². The lowest BCUT2D eigenvalue weighted by Crippen LogP contribution is -2.21. The molecule has 0 saturated heterocycles. The van der Waals surface area contributed by atoms with Crippen LogP contribution in [-0.2, 0) is 17.8 Å². The lowest BCUT2D eigenvalue weighted by atomic mass is 9.97. The van der Waals surface area contributed by atoms with E-state index in [-0.39, 0.29) is 11.8 Å². The van der Waals surface area contributed by atoms with Gasteiger partial charge >= 0.3 is 0 Å². The second-order valence-electron chi connectivity index (χ2n) is 6.46. The molecule has 24 heavy (non-hydrogen) atoms. The van der Waals surface area contributed by atoms with Gasteiger partial charge in [-0.05, 0) is 43.2 Å². The molecule has 3 aromatic heterocycles. The normalized spacial score (nSPS) is 17.6. The Kier molecular flexibility index (Phi) is 3.63. The molecule has 4 rings (SSSR count). The molecule has 1 atom stereocenters. The van der Waals surface area contributed by atoms with Crippen LogP contribution in [0.5, 0.6) is 0 Å². The number of carbonyl (C=O) groups is 1. The number of nitrogens with one attached hydrogen (secondary N) is 1. The molecule has 0 aliphatic carbocycles. The molecule has 4 heterocycles. The van der Waals surface area contributed by atoms with Crippen molar-refractivity contribution in [1.29, 1.82) is 0 Å². The minimum Gasteiger partial charge on any atom is -0.465 e. The van der Waals surface area contributed by atoms with Gasteiger partial charge in [-0.3, -0.25) is 4.79 Å². The van der Waals surface area contributed by atoms with Gasteiger partial charge in [0.2, 0.25) is 5.91 Å². The number of furan rings is 1. The van der Waals surface area contributed by atoms with Crippen molar-refractivity contribution in [3.63, 3.8) is 0 Å². The lowest BCUT2D eigenvalue weighted by molar-refractivity contribution is -0.121. The van der Waals surface area contributed by atoms with Crippen molar-refractivity contribution in [2.45, 2.75) is 45.6 Å². The SMILES string of the molecule is CCCc1ccc([C@@H]2CC(=O)NCc3nc4cc(C)ccn4c32)o1. The maximum atomic E-state index is 12.2. The van der Waals surface area contributed by atoms with Crippen LogP contribution in [-0.4, -0.2) is 15.3 Å². The van der Waals surface area contributed by atoms with E-state index in [9.17, 15) is 4.79 Å². The highest BCUT2D eigenvalue weighted by atomic mass is 16.3. The highest BCUT2D eigenvalue weighted by Gasteiger charge is 2.30. The summed E-state index contributed by atoms with van der Waals surface area (Å²) >= 11 is 0. The van der Waals surface area contributed by atoms with Crippen molar-refractivity contribution >= 4 is 11.6 Å². The molecule has 124 valence electrons. The van der Waals surface area contributed by atoms with Crippen LogP contribution in [0.3, 0.4) is 0 Å². The van der Waals surface area contributed by atoms with Crippen molar-refractivity contribution < 1.29 is 9.21 Å². The molecule has 1 aliphatic rings. The largest absolute Gasteiger partial charge is 0.465 e. The Morgan fingerprint density at radius 1 is 1.38 bits per heavy atom. The number of nitrogens with zero attached hydrogens (tertiary/aromatic N) is 2. The average Bonchev–Trinajstić information content (AvgIpc) is 3.11. The predicted octanol–water partition coefficient (Wildman–Crippen LogP) is 3.34. The van der Waals surface area contributed by atoms with E-state index in [2.05, 4.69) is 35.7 Å². The van der Waals surface area contributed by atoms with E-state index in [1.165, 1.54) is 5.56 Å². The quantitative estimate of drug-likeness (QED) is 0.804. The van der Waals surface area contributed by atoms with Gasteiger partial charge in [0.05, 0.1) is 23.9 Å². The molecule has 0 radical (unpaired) electrons. The molecule has 5 nitrogen and oxygen atoms in total. The molecule has 5 heteroatoms. The first kappa shape index (κ1) is 15.0. The maximum absolute atomic E-state index is 12.2. The molecular weight excluding hydrogens is 302 g/mol. The van der Waals surface area contributed by atoms with Gasteiger partial charge in [-0.2, -0.15) is 0 Å². The van der Waals surface area contributed by atoms with Crippen LogP contribution in [0.1, 0.15) is 54.2 Å². The standard InChI is InChI=1S/C19H21N3O2/c1-3-4-13-5-6-16(24-13)14-10-18(23)20-11-15-19(14)22-8-7-12(2)9-17(22)21-15/h5-9,14H,3-4,10-11H2,1-2H3,(H,20,23)/t14-/m0/s1. The van der Waals surface area contributed by atoms with Crippen LogP contribution >= 0.6 is 0 Å². The number of amides is 1. The fourth-order valence-corrected chi connectivity index (χ4v) is 3.45. The highest BCUT2D eigenvalue weighted by molar-refractivity contribution is 5.78. The third-order valence-electron chi connectivity index (χ3n) is 4.59. The van der Waals surface area contributed by atoms with E-state index in [0.29, 0.717) is 13.0 Å². The second kappa shape index (κ2) is 5.82. The van der Waals surface area contributed by atoms with E-state index in [1.54, 1.807) is 0 Å². The summed E-state index contributed by atoms with van der Waals surface area (Å²) in [4.78, 5) is 16.9. The summed E-state index contributed by atoms with van der Waals surface area (Å²) in [5.74, 6) is 1.75. The summed E-state index contributed by atoms with van der Waals surface area (Å²) in [5.41, 5.74) is 4.07. The summed E-state index contributed by atoms with van der Waals surface area (Å²) in [7, 11) is 0. The van der Waals surface area contributed by atoms with Gasteiger partial charge in [0.15, 0.2) is 0 Å². The summed E-state index contributed by atoms with van der Waals surface area (Å²) in [5, 5.41) is 2.95. The molecule has 0 unspecified atom stereocenters. The Labute approximate surface area is 140 Å². The number of hydrogen-bond acceptors (Lipinski definition) is 3. The Morgan fingerprint density at radius 3 is 3.08 bits per heavy atom. The molecule has 0 saturated carbocycles. The number of pyridine rings is 1. The van der Waals surface area contributed by atoms with Crippen molar-refractivity contribution in [3.8, 4) is 0 Å². The van der Waals surface area contributed by atoms with Crippen LogP contribution in [0.25, 0.3) is 5.65 Å². The fourth-order valence-electron chi connectivity index (χ4n) is 3.45. The van der Waals surface area contributed by atoms with Crippen molar-refractivity contribution in [2.75, 3.05) is 0 Å². The first-order chi connectivity index (χ1) is 11.7. The Bertz CT molecular complexity index is 907. The van der Waals surface area contributed by atoms with Crippen molar-refractivity contribution in [3.05, 3.63) is 58.9 Å². The summed E-state index contributed by atoms with van der Waals surface area (Å²) in [6, 6.07) is 8.16. The summed E-state index contributed by atoms with van der Waals surface area (Å²) in [6.45, 7) is 4.66. The number of imidazole rings is 1. The molecule has 1 aliphatic heterocycles. The predicted molar refractivity (Wildman–Crippen MR) is 90.9 cm³/mol. The van der Waals surface area contributed by atoms with Crippen LogP contribution in [0, 0.1) is 6.92 Å². The molecule has 1 N–H and O–H groups in total. The van der Waals surface area contributed by atoms with Crippen LogP contribution in [0.15, 0.2) is 34.9 Å². The first-order valence-corrected chi connectivity index (χ1v) is 8.48. The fraction of sp³-hybridized carbons (Fsp3) is 0.368. The van der Waals surface area contributed by atoms with E-state index >= 15 is 0 Å². The number of aromatic nitrogens is 2. The molecule has 0 bridgehead atoms. The van der Waals surface area contributed by atoms with Gasteiger partial charge in [0.25, 0.3) is 0 Å². The minimum atomic E-state index is -0.106. The number of carbonyl (C=O) groups excluding carboxylic acids is 1. The smallest absolute Gasteiger partial charge is 0.221 e. The van der Waals surface area contributed by atoms with Gasteiger partial charge in [-0.1, -0.05) is 6.92 Å². The molecule has 0 aromatic carbocycles. The summed E-state index contributed by atoms with van der Waals surface area (Å²) in [6.07, 6.45) is 4.37. The third kappa shape index (κ3) is 2.50. The van der Waals surface area contributed by atoms with Gasteiger partial charge in [0, 0.05) is 19.0 Å². The zero-order chi connectivity index (χ0) is 16.7. The van der Waals surface area contributed by atoms with E-state index in [4.69, 9.17) is 9.40 Å². The highest BCUT2D eigenvalue weighted by Crippen LogP contribution is 2.34. The maximum Gasteiger partial charge on any atom is 0.221 e. The van der Waals surface area contributed by atoms with Gasteiger partial charge < -0.3 is 14.1 Å². The van der Waals surface area contributed by atoms with Crippen LogP contribution < -0.4 is 5.32 Å². The van der Waals surface area contributed by atoms with Crippen molar-refractivity contribution in [2.24, 2.45) is 0 Å². The number of hydrogen-bond donors (Lipinski definition) is 1. The Hall–Kier alpha value is -2.56. The Morgan fingerprint density at radius 2 is 2.25 bits per heavy atom. The molecule has 0 spiro atoms.